The normalized spacial score (nSPS) is 10.4. The molecule has 118 valence electrons. The molecule has 0 saturated heterocycles. The van der Waals surface area contributed by atoms with Gasteiger partial charge in [0.1, 0.15) is 0 Å². The van der Waals surface area contributed by atoms with Gasteiger partial charge in [0.05, 0.1) is 7.11 Å². The van der Waals surface area contributed by atoms with Gasteiger partial charge in [0, 0.05) is 19.8 Å². The predicted octanol–water partition coefficient (Wildman–Crippen LogP) is 1.67. The Hall–Kier alpha value is -1.79. The molecule has 0 heterocycles. The SMILES string of the molecule is CCOCCCNCc1ccc(OCC(=O)O)c(OC)c1. The van der Waals surface area contributed by atoms with E-state index in [-0.39, 0.29) is 6.61 Å². The van der Waals surface area contributed by atoms with Gasteiger partial charge in [-0.25, -0.2) is 4.79 Å². The summed E-state index contributed by atoms with van der Waals surface area (Å²) in [6, 6.07) is 5.45. The van der Waals surface area contributed by atoms with Gasteiger partial charge in [0.25, 0.3) is 0 Å². The maximum atomic E-state index is 10.5. The molecule has 1 rings (SSSR count). The van der Waals surface area contributed by atoms with Crippen molar-refractivity contribution in [3.63, 3.8) is 0 Å². The summed E-state index contributed by atoms with van der Waals surface area (Å²) >= 11 is 0. The number of carbonyl (C=O) groups is 1. The molecular formula is C15H23NO5. The van der Waals surface area contributed by atoms with E-state index in [9.17, 15) is 4.79 Å². The van der Waals surface area contributed by atoms with E-state index >= 15 is 0 Å². The second-order valence-corrected chi connectivity index (χ2v) is 4.39. The largest absolute Gasteiger partial charge is 0.493 e. The topological polar surface area (TPSA) is 77.0 Å². The van der Waals surface area contributed by atoms with Crippen molar-refractivity contribution >= 4 is 5.97 Å². The van der Waals surface area contributed by atoms with Crippen LogP contribution in [0.5, 0.6) is 11.5 Å². The van der Waals surface area contributed by atoms with Gasteiger partial charge in [-0.05, 0) is 37.6 Å². The number of methoxy groups -OCH3 is 1. The summed E-state index contributed by atoms with van der Waals surface area (Å²) in [5.41, 5.74) is 1.05. The Kier molecular flexibility index (Phi) is 8.23. The van der Waals surface area contributed by atoms with Gasteiger partial charge in [-0.15, -0.1) is 0 Å². The van der Waals surface area contributed by atoms with E-state index in [0.717, 1.165) is 31.7 Å². The van der Waals surface area contributed by atoms with Gasteiger partial charge >= 0.3 is 5.97 Å². The summed E-state index contributed by atoms with van der Waals surface area (Å²) in [7, 11) is 1.53. The minimum Gasteiger partial charge on any atom is -0.493 e. The van der Waals surface area contributed by atoms with Gasteiger partial charge < -0.3 is 24.6 Å². The van der Waals surface area contributed by atoms with E-state index in [1.165, 1.54) is 7.11 Å². The third kappa shape index (κ3) is 6.97. The summed E-state index contributed by atoms with van der Waals surface area (Å²) in [6.45, 7) is 4.68. The fourth-order valence-corrected chi connectivity index (χ4v) is 1.76. The number of benzene rings is 1. The van der Waals surface area contributed by atoms with Crippen molar-refractivity contribution in [2.45, 2.75) is 19.9 Å². The monoisotopic (exact) mass is 297 g/mol. The van der Waals surface area contributed by atoms with Crippen LogP contribution in [0.4, 0.5) is 0 Å². The second-order valence-electron chi connectivity index (χ2n) is 4.39. The molecule has 0 spiro atoms. The Bertz CT molecular complexity index is 436. The smallest absolute Gasteiger partial charge is 0.341 e. The summed E-state index contributed by atoms with van der Waals surface area (Å²) in [5, 5.41) is 11.9. The van der Waals surface area contributed by atoms with Crippen LogP contribution < -0.4 is 14.8 Å². The Labute approximate surface area is 125 Å². The van der Waals surface area contributed by atoms with Crippen molar-refractivity contribution in [1.82, 2.24) is 5.32 Å². The van der Waals surface area contributed by atoms with E-state index in [1.807, 2.05) is 19.1 Å². The lowest BCUT2D eigenvalue weighted by Gasteiger charge is -2.11. The average molecular weight is 297 g/mol. The standard InChI is InChI=1S/C15H23NO5/c1-3-20-8-4-7-16-10-12-5-6-13(14(9-12)19-2)21-11-15(17)18/h5-6,9,16H,3-4,7-8,10-11H2,1-2H3,(H,17,18). The van der Waals surface area contributed by atoms with Crippen LogP contribution in [-0.4, -0.2) is 44.6 Å². The van der Waals surface area contributed by atoms with Gasteiger partial charge in [-0.1, -0.05) is 6.07 Å². The van der Waals surface area contributed by atoms with Crippen molar-refractivity contribution < 1.29 is 24.1 Å². The molecule has 21 heavy (non-hydrogen) atoms. The fraction of sp³-hybridized carbons (Fsp3) is 0.533. The highest BCUT2D eigenvalue weighted by atomic mass is 16.5. The van der Waals surface area contributed by atoms with Crippen LogP contribution in [-0.2, 0) is 16.1 Å². The molecule has 1 aromatic carbocycles. The van der Waals surface area contributed by atoms with Crippen molar-refractivity contribution in [3.05, 3.63) is 23.8 Å². The zero-order valence-corrected chi connectivity index (χ0v) is 12.6. The first kappa shape index (κ1) is 17.3. The lowest BCUT2D eigenvalue weighted by atomic mass is 10.2. The molecule has 0 aromatic heterocycles. The molecule has 0 fully saturated rings. The fourth-order valence-electron chi connectivity index (χ4n) is 1.76. The van der Waals surface area contributed by atoms with E-state index in [4.69, 9.17) is 19.3 Å². The molecule has 0 radical (unpaired) electrons. The minimum absolute atomic E-state index is 0.384. The zero-order chi connectivity index (χ0) is 15.5. The molecule has 0 atom stereocenters. The highest BCUT2D eigenvalue weighted by Crippen LogP contribution is 2.27. The molecule has 0 saturated carbocycles. The molecule has 2 N–H and O–H groups in total. The Balaban J connectivity index is 2.43. The molecule has 0 aliphatic heterocycles. The Morgan fingerprint density at radius 1 is 1.33 bits per heavy atom. The van der Waals surface area contributed by atoms with Gasteiger partial charge in [-0.3, -0.25) is 0 Å². The predicted molar refractivity (Wildman–Crippen MR) is 78.9 cm³/mol. The molecule has 6 nitrogen and oxygen atoms in total. The van der Waals surface area contributed by atoms with Crippen molar-refractivity contribution in [2.75, 3.05) is 33.5 Å². The van der Waals surface area contributed by atoms with Crippen LogP contribution in [0.15, 0.2) is 18.2 Å². The molecule has 0 aliphatic rings. The Morgan fingerprint density at radius 3 is 2.81 bits per heavy atom. The first-order valence-electron chi connectivity index (χ1n) is 6.97. The van der Waals surface area contributed by atoms with Crippen LogP contribution in [0.2, 0.25) is 0 Å². The lowest BCUT2D eigenvalue weighted by Crippen LogP contribution is -2.16. The maximum absolute atomic E-state index is 10.5. The van der Waals surface area contributed by atoms with Crippen LogP contribution in [0.1, 0.15) is 18.9 Å². The lowest BCUT2D eigenvalue weighted by molar-refractivity contribution is -0.139. The third-order valence-corrected chi connectivity index (χ3v) is 2.75. The average Bonchev–Trinajstić information content (AvgIpc) is 2.49. The second kappa shape index (κ2) is 10.0. The molecule has 0 amide bonds. The molecule has 0 aliphatic carbocycles. The number of aliphatic carboxylic acids is 1. The van der Waals surface area contributed by atoms with Crippen LogP contribution in [0.3, 0.4) is 0 Å². The summed E-state index contributed by atoms with van der Waals surface area (Å²) < 4.78 is 15.6. The number of ether oxygens (including phenoxy) is 3. The van der Waals surface area contributed by atoms with E-state index in [1.54, 1.807) is 6.07 Å². The van der Waals surface area contributed by atoms with Crippen molar-refractivity contribution in [3.8, 4) is 11.5 Å². The number of hydrogen-bond donors (Lipinski definition) is 2. The maximum Gasteiger partial charge on any atom is 0.341 e. The zero-order valence-electron chi connectivity index (χ0n) is 12.6. The molecule has 6 heteroatoms. The van der Waals surface area contributed by atoms with Gasteiger partial charge in [0.15, 0.2) is 18.1 Å². The molecule has 0 unspecified atom stereocenters. The molecule has 1 aromatic rings. The van der Waals surface area contributed by atoms with Gasteiger partial charge in [0.2, 0.25) is 0 Å². The number of rotatable bonds is 11. The first-order valence-corrected chi connectivity index (χ1v) is 6.97. The summed E-state index contributed by atoms with van der Waals surface area (Å²) in [6.07, 6.45) is 0.963. The summed E-state index contributed by atoms with van der Waals surface area (Å²) in [5.74, 6) is -0.0537. The van der Waals surface area contributed by atoms with Crippen LogP contribution >= 0.6 is 0 Å². The highest BCUT2D eigenvalue weighted by molar-refractivity contribution is 5.68. The minimum atomic E-state index is -1.02. The van der Waals surface area contributed by atoms with Crippen molar-refractivity contribution in [1.29, 1.82) is 0 Å². The van der Waals surface area contributed by atoms with Crippen LogP contribution in [0.25, 0.3) is 0 Å². The van der Waals surface area contributed by atoms with E-state index in [2.05, 4.69) is 5.32 Å². The molecular weight excluding hydrogens is 274 g/mol. The van der Waals surface area contributed by atoms with Gasteiger partial charge in [-0.2, -0.15) is 0 Å². The summed E-state index contributed by atoms with van der Waals surface area (Å²) in [4.78, 5) is 10.5. The van der Waals surface area contributed by atoms with Crippen molar-refractivity contribution in [2.24, 2.45) is 0 Å². The number of carboxylic acids is 1. The van der Waals surface area contributed by atoms with Crippen LogP contribution in [0, 0.1) is 0 Å². The third-order valence-electron chi connectivity index (χ3n) is 2.75. The quantitative estimate of drug-likeness (QED) is 0.605. The number of nitrogens with one attached hydrogen (secondary N) is 1. The molecule has 0 bridgehead atoms. The van der Waals surface area contributed by atoms with E-state index in [0.29, 0.717) is 18.0 Å². The van der Waals surface area contributed by atoms with E-state index < -0.39 is 5.97 Å². The number of carboxylic acid groups (broad SMARTS) is 1. The number of hydrogen-bond acceptors (Lipinski definition) is 5. The first-order chi connectivity index (χ1) is 10.2. The highest BCUT2D eigenvalue weighted by Gasteiger charge is 2.07. The Morgan fingerprint density at radius 2 is 2.14 bits per heavy atom.